The average molecular weight is 279 g/mol. The minimum atomic E-state index is -0.0932. The van der Waals surface area contributed by atoms with Crippen LogP contribution in [0.5, 0.6) is 0 Å². The van der Waals surface area contributed by atoms with E-state index < -0.39 is 0 Å². The predicted octanol–water partition coefficient (Wildman–Crippen LogP) is 5.50. The summed E-state index contributed by atoms with van der Waals surface area (Å²) in [7, 11) is 0. The first kappa shape index (κ1) is 18.9. The van der Waals surface area contributed by atoms with Gasteiger partial charge < -0.3 is 5.32 Å². The molecule has 2 heteroatoms. The molecule has 0 aliphatic heterocycles. The quantitative estimate of drug-likeness (QED) is 0.350. The molecule has 0 aromatic carbocycles. The van der Waals surface area contributed by atoms with Crippen molar-refractivity contribution in [1.82, 2.24) is 5.32 Å². The summed E-state index contributed by atoms with van der Waals surface area (Å²) >= 11 is 0. The highest BCUT2D eigenvalue weighted by molar-refractivity contribution is 5.92. The van der Waals surface area contributed by atoms with Gasteiger partial charge in [-0.05, 0) is 19.8 Å². The topological polar surface area (TPSA) is 29.1 Å². The van der Waals surface area contributed by atoms with Gasteiger partial charge in [0.05, 0.1) is 0 Å². The third kappa shape index (κ3) is 13.4. The molecule has 2 nitrogen and oxygen atoms in total. The van der Waals surface area contributed by atoms with Crippen LogP contribution in [-0.2, 0) is 4.79 Å². The Bertz CT molecular complexity index is 281. The molecule has 0 heterocycles. The Hall–Kier alpha value is -1.05. The number of hydrogen-bond donors (Lipinski definition) is 1. The summed E-state index contributed by atoms with van der Waals surface area (Å²) in [5.74, 6) is -0.0932. The van der Waals surface area contributed by atoms with Crippen molar-refractivity contribution in [2.75, 3.05) is 0 Å². The number of unbranched alkanes of at least 4 members (excludes halogenated alkanes) is 10. The predicted molar refractivity (Wildman–Crippen MR) is 88.6 cm³/mol. The molecule has 0 atom stereocenters. The van der Waals surface area contributed by atoms with Gasteiger partial charge in [0, 0.05) is 11.8 Å². The lowest BCUT2D eigenvalue weighted by atomic mass is 10.1. The van der Waals surface area contributed by atoms with Crippen molar-refractivity contribution < 1.29 is 4.79 Å². The van der Waals surface area contributed by atoms with Gasteiger partial charge in [0.1, 0.15) is 0 Å². The average Bonchev–Trinajstić information content (AvgIpc) is 2.43. The van der Waals surface area contributed by atoms with Gasteiger partial charge in [-0.1, -0.05) is 77.4 Å². The number of carbonyl (C=O) groups is 1. The smallest absolute Gasteiger partial charge is 0.250 e. The van der Waals surface area contributed by atoms with Crippen molar-refractivity contribution in [2.45, 2.75) is 84.5 Å². The number of nitrogens with one attached hydrogen (secondary N) is 1. The van der Waals surface area contributed by atoms with Gasteiger partial charge in [0.25, 0.3) is 0 Å². The molecule has 0 saturated heterocycles. The maximum absolute atomic E-state index is 11.2. The maximum Gasteiger partial charge on any atom is 0.250 e. The molecule has 116 valence electrons. The molecule has 0 aliphatic carbocycles. The second-order valence-corrected chi connectivity index (χ2v) is 5.63. The van der Waals surface area contributed by atoms with Crippen molar-refractivity contribution in [1.29, 1.82) is 0 Å². The van der Waals surface area contributed by atoms with Crippen LogP contribution in [0.1, 0.15) is 84.5 Å². The Morgan fingerprint density at radius 2 is 1.45 bits per heavy atom. The second kappa shape index (κ2) is 14.4. The van der Waals surface area contributed by atoms with Gasteiger partial charge in [0.15, 0.2) is 0 Å². The lowest BCUT2D eigenvalue weighted by Gasteiger charge is -2.01. The molecule has 0 fully saturated rings. The highest BCUT2D eigenvalue weighted by Crippen LogP contribution is 2.11. The number of hydrogen-bond acceptors (Lipinski definition) is 1. The van der Waals surface area contributed by atoms with Crippen LogP contribution in [0, 0.1) is 0 Å². The van der Waals surface area contributed by atoms with E-state index in [4.69, 9.17) is 0 Å². The van der Waals surface area contributed by atoms with E-state index in [0.29, 0.717) is 5.57 Å². The summed E-state index contributed by atoms with van der Waals surface area (Å²) < 4.78 is 0. The minimum absolute atomic E-state index is 0.0932. The molecular weight excluding hydrogens is 246 g/mol. The van der Waals surface area contributed by atoms with Crippen molar-refractivity contribution >= 4 is 5.91 Å². The molecule has 0 spiro atoms. The highest BCUT2D eigenvalue weighted by Gasteiger charge is 1.95. The molecule has 0 rings (SSSR count). The van der Waals surface area contributed by atoms with Gasteiger partial charge in [-0.3, -0.25) is 4.79 Å². The van der Waals surface area contributed by atoms with Crippen LogP contribution in [0.3, 0.4) is 0 Å². The van der Waals surface area contributed by atoms with E-state index in [0.717, 1.165) is 6.42 Å². The normalized spacial score (nSPS) is 10.9. The van der Waals surface area contributed by atoms with Crippen LogP contribution in [0.15, 0.2) is 24.4 Å². The van der Waals surface area contributed by atoms with Gasteiger partial charge in [-0.25, -0.2) is 0 Å². The van der Waals surface area contributed by atoms with E-state index in [-0.39, 0.29) is 5.91 Å². The van der Waals surface area contributed by atoms with Crippen molar-refractivity contribution in [3.8, 4) is 0 Å². The Morgan fingerprint density at radius 1 is 0.950 bits per heavy atom. The Kier molecular flexibility index (Phi) is 13.6. The molecule has 1 amide bonds. The third-order valence-electron chi connectivity index (χ3n) is 3.44. The van der Waals surface area contributed by atoms with E-state index in [1.165, 1.54) is 64.2 Å². The van der Waals surface area contributed by atoms with Crippen LogP contribution in [0.2, 0.25) is 0 Å². The molecule has 0 unspecified atom stereocenters. The van der Waals surface area contributed by atoms with E-state index in [1.807, 2.05) is 6.08 Å². The van der Waals surface area contributed by atoms with Crippen LogP contribution >= 0.6 is 0 Å². The van der Waals surface area contributed by atoms with E-state index in [1.54, 1.807) is 13.1 Å². The van der Waals surface area contributed by atoms with Crippen LogP contribution < -0.4 is 5.32 Å². The minimum Gasteiger partial charge on any atom is -0.329 e. The third-order valence-corrected chi connectivity index (χ3v) is 3.44. The summed E-state index contributed by atoms with van der Waals surface area (Å²) in [6, 6.07) is 0. The molecule has 0 aromatic rings. The lowest BCUT2D eigenvalue weighted by Crippen LogP contribution is -2.16. The first-order valence-corrected chi connectivity index (χ1v) is 8.30. The summed E-state index contributed by atoms with van der Waals surface area (Å²) in [6.07, 6.45) is 18.4. The van der Waals surface area contributed by atoms with Gasteiger partial charge >= 0.3 is 0 Å². The monoisotopic (exact) mass is 279 g/mol. The van der Waals surface area contributed by atoms with Gasteiger partial charge in [0.2, 0.25) is 5.91 Å². The van der Waals surface area contributed by atoms with E-state index in [2.05, 4.69) is 18.8 Å². The standard InChI is InChI=1S/C18H33NO/c1-4-5-6-7-8-9-10-11-12-13-14-15-16-19-18(20)17(2)3/h15-16H,2,4-14H2,1,3H3,(H,19,20). The molecule has 1 N–H and O–H groups in total. The van der Waals surface area contributed by atoms with E-state index in [9.17, 15) is 4.79 Å². The van der Waals surface area contributed by atoms with E-state index >= 15 is 0 Å². The molecule has 20 heavy (non-hydrogen) atoms. The summed E-state index contributed by atoms with van der Waals surface area (Å²) in [6.45, 7) is 7.57. The lowest BCUT2D eigenvalue weighted by molar-refractivity contribution is -0.116. The summed E-state index contributed by atoms with van der Waals surface area (Å²) in [4.78, 5) is 11.2. The van der Waals surface area contributed by atoms with Gasteiger partial charge in [-0.2, -0.15) is 0 Å². The fourth-order valence-electron chi connectivity index (χ4n) is 2.09. The molecule has 0 aliphatic rings. The van der Waals surface area contributed by atoms with Crippen molar-refractivity contribution in [3.63, 3.8) is 0 Å². The molecular formula is C18H33NO. The van der Waals surface area contributed by atoms with Crippen molar-refractivity contribution in [2.24, 2.45) is 0 Å². The fraction of sp³-hybridized carbons (Fsp3) is 0.722. The SMILES string of the molecule is C=C(C)C(=O)NC=CCCCCCCCCCCCC. The second-order valence-electron chi connectivity index (χ2n) is 5.63. The zero-order valence-corrected chi connectivity index (χ0v) is 13.5. The number of carbonyl (C=O) groups excluding carboxylic acids is 1. The molecule has 0 saturated carbocycles. The van der Waals surface area contributed by atoms with Crippen molar-refractivity contribution in [3.05, 3.63) is 24.4 Å². The Balaban J connectivity index is 3.18. The molecule has 0 radical (unpaired) electrons. The van der Waals surface area contributed by atoms with Crippen LogP contribution in [-0.4, -0.2) is 5.91 Å². The van der Waals surface area contributed by atoms with Gasteiger partial charge in [-0.15, -0.1) is 0 Å². The molecule has 0 aromatic heterocycles. The first-order chi connectivity index (χ1) is 9.68. The Morgan fingerprint density at radius 3 is 1.95 bits per heavy atom. The zero-order chi connectivity index (χ0) is 15.1. The maximum atomic E-state index is 11.2. The summed E-state index contributed by atoms with van der Waals surface area (Å²) in [5.41, 5.74) is 0.550. The highest BCUT2D eigenvalue weighted by atomic mass is 16.1. The largest absolute Gasteiger partial charge is 0.329 e. The summed E-state index contributed by atoms with van der Waals surface area (Å²) in [5, 5.41) is 2.70. The number of rotatable bonds is 13. The fourth-order valence-corrected chi connectivity index (χ4v) is 2.09. The molecule has 0 bridgehead atoms. The number of amides is 1. The number of allylic oxidation sites excluding steroid dienone is 1. The van der Waals surface area contributed by atoms with Crippen LogP contribution in [0.25, 0.3) is 0 Å². The first-order valence-electron chi connectivity index (χ1n) is 8.30. The van der Waals surface area contributed by atoms with Crippen LogP contribution in [0.4, 0.5) is 0 Å². The Labute approximate surface area is 125 Å². The zero-order valence-electron chi connectivity index (χ0n) is 13.5.